The van der Waals surface area contributed by atoms with Crippen LogP contribution in [0.5, 0.6) is 0 Å². The summed E-state index contributed by atoms with van der Waals surface area (Å²) in [4.78, 5) is 12.4. The van der Waals surface area contributed by atoms with Gasteiger partial charge in [0.15, 0.2) is 0 Å². The third-order valence-corrected chi connectivity index (χ3v) is 4.58. The zero-order valence-corrected chi connectivity index (χ0v) is 15.2. The van der Waals surface area contributed by atoms with Crippen molar-refractivity contribution >= 4 is 18.3 Å². The predicted octanol–water partition coefficient (Wildman–Crippen LogP) is 2.72. The summed E-state index contributed by atoms with van der Waals surface area (Å²) in [5.74, 6) is 0.0560. The van der Waals surface area contributed by atoms with E-state index in [0.717, 1.165) is 30.5 Å². The highest BCUT2D eigenvalue weighted by molar-refractivity contribution is 5.85. The third kappa shape index (κ3) is 4.58. The fraction of sp³-hybridized carbons (Fsp3) is 0.444. The highest BCUT2D eigenvalue weighted by Gasteiger charge is 2.32. The summed E-state index contributed by atoms with van der Waals surface area (Å²) in [7, 11) is 0. The van der Waals surface area contributed by atoms with Crippen LogP contribution in [0, 0.1) is 5.41 Å². The minimum Gasteiger partial charge on any atom is -0.355 e. The first kappa shape index (κ1) is 20.2. The highest BCUT2D eigenvalue weighted by atomic mass is 35.5. The molecule has 2 aromatic rings. The maximum absolute atomic E-state index is 12.4. The molecule has 6 heteroatoms. The molecule has 1 amide bonds. The Labute approximate surface area is 150 Å². The lowest BCUT2D eigenvalue weighted by Gasteiger charge is -2.28. The Morgan fingerprint density at radius 3 is 2.50 bits per heavy atom. The van der Waals surface area contributed by atoms with Gasteiger partial charge in [0.05, 0.1) is 17.3 Å². The molecule has 1 heterocycles. The van der Waals surface area contributed by atoms with Gasteiger partial charge in [-0.05, 0) is 37.0 Å². The highest BCUT2D eigenvalue weighted by Crippen LogP contribution is 2.24. The van der Waals surface area contributed by atoms with Gasteiger partial charge in [0, 0.05) is 19.3 Å². The van der Waals surface area contributed by atoms with Crippen molar-refractivity contribution in [1.82, 2.24) is 15.1 Å². The van der Waals surface area contributed by atoms with E-state index < -0.39 is 5.41 Å². The number of carbonyl (C=O) groups excluding carboxylic acids is 1. The minimum absolute atomic E-state index is 0. The van der Waals surface area contributed by atoms with Crippen LogP contribution in [0.1, 0.15) is 32.3 Å². The van der Waals surface area contributed by atoms with Crippen LogP contribution in [0.3, 0.4) is 0 Å². The van der Waals surface area contributed by atoms with E-state index in [0.29, 0.717) is 13.1 Å². The second-order valence-corrected chi connectivity index (χ2v) is 5.83. The van der Waals surface area contributed by atoms with Gasteiger partial charge in [0.1, 0.15) is 0 Å². The van der Waals surface area contributed by atoms with Gasteiger partial charge in [0.2, 0.25) is 5.91 Å². The van der Waals surface area contributed by atoms with Crippen molar-refractivity contribution in [2.75, 3.05) is 13.1 Å². The molecule has 3 N–H and O–H groups in total. The monoisotopic (exact) mass is 350 g/mol. The number of hydrogen-bond donors (Lipinski definition) is 2. The van der Waals surface area contributed by atoms with Gasteiger partial charge >= 0.3 is 0 Å². The summed E-state index contributed by atoms with van der Waals surface area (Å²) in [6, 6.07) is 9.97. The molecule has 24 heavy (non-hydrogen) atoms. The largest absolute Gasteiger partial charge is 0.355 e. The number of nitrogens with two attached hydrogens (primary N) is 1. The van der Waals surface area contributed by atoms with Gasteiger partial charge in [-0.25, -0.2) is 4.68 Å². The molecule has 2 rings (SSSR count). The van der Waals surface area contributed by atoms with Crippen molar-refractivity contribution in [1.29, 1.82) is 0 Å². The van der Waals surface area contributed by atoms with E-state index in [-0.39, 0.29) is 18.3 Å². The van der Waals surface area contributed by atoms with Gasteiger partial charge in [0.25, 0.3) is 0 Å². The lowest BCUT2D eigenvalue weighted by atomic mass is 9.81. The summed E-state index contributed by atoms with van der Waals surface area (Å²) >= 11 is 0. The Balaban J connectivity index is 0.00000288. The Kier molecular flexibility index (Phi) is 7.95. The Hall–Kier alpha value is -1.85. The normalized spacial score (nSPS) is 11.0. The van der Waals surface area contributed by atoms with E-state index in [4.69, 9.17) is 5.73 Å². The predicted molar refractivity (Wildman–Crippen MR) is 99.6 cm³/mol. The Morgan fingerprint density at radius 1 is 1.25 bits per heavy atom. The summed E-state index contributed by atoms with van der Waals surface area (Å²) in [5.41, 5.74) is 7.50. The zero-order valence-electron chi connectivity index (χ0n) is 14.4. The van der Waals surface area contributed by atoms with E-state index in [1.807, 2.05) is 61.3 Å². The topological polar surface area (TPSA) is 72.9 Å². The average molecular weight is 351 g/mol. The Morgan fingerprint density at radius 2 is 1.92 bits per heavy atom. The number of halogens is 1. The molecule has 1 aromatic heterocycles. The SMILES string of the molecule is CCC(CC)(CN)C(=O)NCCc1cnn(-c2ccccc2)c1.Cl. The molecule has 0 fully saturated rings. The number of amides is 1. The lowest BCUT2D eigenvalue weighted by molar-refractivity contribution is -0.131. The molecule has 0 aliphatic rings. The van der Waals surface area contributed by atoms with Crippen molar-refractivity contribution < 1.29 is 4.79 Å². The standard InChI is InChI=1S/C18H26N4O.ClH/c1-3-18(4-2,14-19)17(23)20-11-10-15-12-21-22(13-15)16-8-6-5-7-9-16;/h5-9,12-13H,3-4,10-11,14,19H2,1-2H3,(H,20,23);1H. The minimum atomic E-state index is -0.436. The summed E-state index contributed by atoms with van der Waals surface area (Å²) in [6.45, 7) is 5.01. The molecule has 1 aromatic carbocycles. The van der Waals surface area contributed by atoms with Gasteiger partial charge in [-0.2, -0.15) is 5.10 Å². The lowest BCUT2D eigenvalue weighted by Crippen LogP contribution is -2.45. The quantitative estimate of drug-likeness (QED) is 0.768. The van der Waals surface area contributed by atoms with E-state index >= 15 is 0 Å². The number of aromatic nitrogens is 2. The smallest absolute Gasteiger partial charge is 0.227 e. The van der Waals surface area contributed by atoms with Crippen LogP contribution in [0.15, 0.2) is 42.7 Å². The van der Waals surface area contributed by atoms with E-state index in [1.165, 1.54) is 0 Å². The van der Waals surface area contributed by atoms with Crippen LogP contribution in [-0.2, 0) is 11.2 Å². The van der Waals surface area contributed by atoms with Gasteiger partial charge in [-0.1, -0.05) is 32.0 Å². The molecule has 0 aliphatic heterocycles. The van der Waals surface area contributed by atoms with Crippen LogP contribution >= 0.6 is 12.4 Å². The molecule has 0 saturated heterocycles. The molecule has 0 aliphatic carbocycles. The van der Waals surface area contributed by atoms with E-state index in [2.05, 4.69) is 10.4 Å². The van der Waals surface area contributed by atoms with Crippen LogP contribution in [0.25, 0.3) is 5.69 Å². The first-order chi connectivity index (χ1) is 11.1. The Bertz CT molecular complexity index is 615. The molecule has 0 spiro atoms. The molecule has 0 unspecified atom stereocenters. The molecular formula is C18H27ClN4O. The molecular weight excluding hydrogens is 324 g/mol. The van der Waals surface area contributed by atoms with E-state index in [9.17, 15) is 4.79 Å². The average Bonchev–Trinajstić information content (AvgIpc) is 3.07. The van der Waals surface area contributed by atoms with Gasteiger partial charge in [-0.15, -0.1) is 12.4 Å². The maximum Gasteiger partial charge on any atom is 0.227 e. The van der Waals surface area contributed by atoms with Crippen molar-refractivity contribution in [3.8, 4) is 5.69 Å². The van der Waals surface area contributed by atoms with E-state index in [1.54, 1.807) is 0 Å². The van der Waals surface area contributed by atoms with Crippen LogP contribution in [-0.4, -0.2) is 28.8 Å². The number of hydrogen-bond acceptors (Lipinski definition) is 3. The van der Waals surface area contributed by atoms with Gasteiger partial charge < -0.3 is 11.1 Å². The van der Waals surface area contributed by atoms with Crippen LogP contribution in [0.4, 0.5) is 0 Å². The number of benzene rings is 1. The van der Waals surface area contributed by atoms with Crippen molar-refractivity contribution in [3.63, 3.8) is 0 Å². The number of nitrogens with zero attached hydrogens (tertiary/aromatic N) is 2. The number of rotatable bonds is 8. The zero-order chi connectivity index (χ0) is 16.7. The van der Waals surface area contributed by atoms with Crippen molar-refractivity contribution in [3.05, 3.63) is 48.3 Å². The van der Waals surface area contributed by atoms with Gasteiger partial charge in [-0.3, -0.25) is 4.79 Å². The van der Waals surface area contributed by atoms with Crippen LogP contribution < -0.4 is 11.1 Å². The number of para-hydroxylation sites is 1. The van der Waals surface area contributed by atoms with Crippen molar-refractivity contribution in [2.24, 2.45) is 11.1 Å². The van der Waals surface area contributed by atoms with Crippen LogP contribution in [0.2, 0.25) is 0 Å². The molecule has 0 bridgehead atoms. The second-order valence-electron chi connectivity index (χ2n) is 5.83. The summed E-state index contributed by atoms with van der Waals surface area (Å²) < 4.78 is 1.85. The fourth-order valence-electron chi connectivity index (χ4n) is 2.67. The first-order valence-corrected chi connectivity index (χ1v) is 8.22. The molecule has 0 radical (unpaired) electrons. The summed E-state index contributed by atoms with van der Waals surface area (Å²) in [5, 5.41) is 7.38. The second kappa shape index (κ2) is 9.45. The molecule has 0 atom stereocenters. The first-order valence-electron chi connectivity index (χ1n) is 8.22. The molecule has 5 nitrogen and oxygen atoms in total. The molecule has 132 valence electrons. The number of carbonyl (C=O) groups is 1. The number of nitrogens with one attached hydrogen (secondary N) is 1. The summed E-state index contributed by atoms with van der Waals surface area (Å²) in [6.07, 6.45) is 6.12. The maximum atomic E-state index is 12.4. The molecule has 0 saturated carbocycles. The fourth-order valence-corrected chi connectivity index (χ4v) is 2.67. The third-order valence-electron chi connectivity index (χ3n) is 4.58. The van der Waals surface area contributed by atoms with Crippen molar-refractivity contribution in [2.45, 2.75) is 33.1 Å².